The summed E-state index contributed by atoms with van der Waals surface area (Å²) in [7, 11) is 0. The van der Waals surface area contributed by atoms with E-state index >= 15 is 0 Å². The summed E-state index contributed by atoms with van der Waals surface area (Å²) in [5.41, 5.74) is 5.18. The van der Waals surface area contributed by atoms with E-state index in [1.54, 1.807) is 4.90 Å². The molecule has 1 heterocycles. The summed E-state index contributed by atoms with van der Waals surface area (Å²) in [4.78, 5) is 11.8. The van der Waals surface area contributed by atoms with Gasteiger partial charge in [0.2, 0.25) is 0 Å². The molecular weight excluding hydrogens is 146 g/mol. The number of nitrogens with zero attached hydrogens (tertiary/aromatic N) is 1. The lowest BCUT2D eigenvalue weighted by Crippen LogP contribution is -2.54. The molecule has 1 rings (SSSR count). The molecule has 0 aromatic heterocycles. The van der Waals surface area contributed by atoms with Crippen LogP contribution in [0.3, 0.4) is 0 Å². The molecule has 4 N–H and O–H groups in total. The van der Waals surface area contributed by atoms with E-state index in [-0.39, 0.29) is 18.4 Å². The molecule has 1 saturated heterocycles. The van der Waals surface area contributed by atoms with Crippen LogP contribution in [-0.2, 0) is 4.79 Å². The Morgan fingerprint density at radius 3 is 2.73 bits per heavy atom. The highest BCUT2D eigenvalue weighted by Gasteiger charge is 2.30. The van der Waals surface area contributed by atoms with Crippen molar-refractivity contribution in [3.05, 3.63) is 0 Å². The van der Waals surface area contributed by atoms with Crippen LogP contribution >= 0.6 is 0 Å². The van der Waals surface area contributed by atoms with Crippen LogP contribution in [0.4, 0.5) is 0 Å². The summed E-state index contributed by atoms with van der Waals surface area (Å²) in [5.74, 6) is -0.858. The van der Waals surface area contributed by atoms with Crippen molar-refractivity contribution in [3.8, 4) is 0 Å². The maximum absolute atomic E-state index is 10.2. The predicted molar refractivity (Wildman–Crippen MR) is 39.3 cm³/mol. The number of carboxylic acids is 1. The zero-order valence-corrected chi connectivity index (χ0v) is 6.08. The minimum atomic E-state index is -0.832. The van der Waals surface area contributed by atoms with E-state index < -0.39 is 5.97 Å². The first-order valence-corrected chi connectivity index (χ1v) is 3.43. The van der Waals surface area contributed by atoms with Crippen molar-refractivity contribution in [2.75, 3.05) is 6.54 Å². The zero-order chi connectivity index (χ0) is 8.43. The topological polar surface area (TPSA) is 90.4 Å². The van der Waals surface area contributed by atoms with Crippen molar-refractivity contribution in [2.24, 2.45) is 5.73 Å². The van der Waals surface area contributed by atoms with Crippen LogP contribution in [-0.4, -0.2) is 34.5 Å². The monoisotopic (exact) mass is 157 g/mol. The summed E-state index contributed by atoms with van der Waals surface area (Å²) < 4.78 is 0. The summed E-state index contributed by atoms with van der Waals surface area (Å²) in [6.07, 6.45) is 0.908. The predicted octanol–water partition coefficient (Wildman–Crippen LogP) is -0.571. The first-order chi connectivity index (χ1) is 5.11. The number of nitrogens with one attached hydrogen (secondary N) is 1. The standard InChI is InChI=1S/C6H11N3O2/c7-6(8)9-2-1-4(9)3-5(10)11/h4H,1-3H2,(H3,7,8)(H,10,11)/t4-/m1/s1. The van der Waals surface area contributed by atoms with Gasteiger partial charge in [-0.05, 0) is 6.42 Å². The molecule has 1 aliphatic rings. The van der Waals surface area contributed by atoms with E-state index in [0.717, 1.165) is 6.42 Å². The average Bonchev–Trinajstić information content (AvgIpc) is 1.78. The van der Waals surface area contributed by atoms with Gasteiger partial charge in [-0.2, -0.15) is 0 Å². The molecule has 0 aromatic carbocycles. The van der Waals surface area contributed by atoms with Gasteiger partial charge in [0.05, 0.1) is 6.42 Å². The number of likely N-dealkylation sites (tertiary alicyclic amines) is 1. The fourth-order valence-electron chi connectivity index (χ4n) is 1.17. The number of rotatable bonds is 2. The lowest BCUT2D eigenvalue weighted by atomic mass is 10.0. The Kier molecular flexibility index (Phi) is 1.98. The molecule has 5 nitrogen and oxygen atoms in total. The van der Waals surface area contributed by atoms with Crippen molar-refractivity contribution in [1.82, 2.24) is 4.90 Å². The Labute approximate surface area is 64.3 Å². The molecule has 0 spiro atoms. The molecule has 0 radical (unpaired) electrons. The van der Waals surface area contributed by atoms with E-state index in [9.17, 15) is 4.79 Å². The van der Waals surface area contributed by atoms with Gasteiger partial charge in [-0.15, -0.1) is 0 Å². The van der Waals surface area contributed by atoms with E-state index in [2.05, 4.69) is 0 Å². The second-order valence-electron chi connectivity index (χ2n) is 2.62. The first-order valence-electron chi connectivity index (χ1n) is 3.43. The van der Waals surface area contributed by atoms with Gasteiger partial charge in [0.25, 0.3) is 0 Å². The van der Waals surface area contributed by atoms with E-state index in [4.69, 9.17) is 16.2 Å². The Balaban J connectivity index is 2.37. The van der Waals surface area contributed by atoms with E-state index in [1.807, 2.05) is 0 Å². The Bertz CT molecular complexity index is 192. The highest BCUT2D eigenvalue weighted by Crippen LogP contribution is 2.18. The number of hydrogen-bond donors (Lipinski definition) is 3. The number of carboxylic acid groups (broad SMARTS) is 1. The van der Waals surface area contributed by atoms with Gasteiger partial charge in [-0.3, -0.25) is 10.2 Å². The summed E-state index contributed by atoms with van der Waals surface area (Å²) in [6.45, 7) is 0.716. The molecule has 0 bridgehead atoms. The van der Waals surface area contributed by atoms with Gasteiger partial charge < -0.3 is 15.7 Å². The largest absolute Gasteiger partial charge is 0.481 e. The highest BCUT2D eigenvalue weighted by atomic mass is 16.4. The van der Waals surface area contributed by atoms with Crippen LogP contribution in [0.1, 0.15) is 12.8 Å². The summed E-state index contributed by atoms with van der Waals surface area (Å²) >= 11 is 0. The van der Waals surface area contributed by atoms with Crippen molar-refractivity contribution >= 4 is 11.9 Å². The minimum Gasteiger partial charge on any atom is -0.481 e. The Morgan fingerprint density at radius 2 is 2.45 bits per heavy atom. The number of aliphatic carboxylic acids is 1. The Hall–Kier alpha value is -1.26. The zero-order valence-electron chi connectivity index (χ0n) is 6.08. The number of nitrogens with two attached hydrogens (primary N) is 1. The maximum Gasteiger partial charge on any atom is 0.305 e. The molecule has 5 heteroatoms. The van der Waals surface area contributed by atoms with Gasteiger partial charge in [0.15, 0.2) is 5.96 Å². The fourth-order valence-corrected chi connectivity index (χ4v) is 1.17. The average molecular weight is 157 g/mol. The minimum absolute atomic E-state index is 0.0255. The fraction of sp³-hybridized carbons (Fsp3) is 0.667. The third kappa shape index (κ3) is 1.60. The first kappa shape index (κ1) is 7.84. The molecule has 0 aromatic rings. The lowest BCUT2D eigenvalue weighted by Gasteiger charge is -2.40. The molecule has 11 heavy (non-hydrogen) atoms. The quantitative estimate of drug-likeness (QED) is 0.370. The van der Waals surface area contributed by atoms with Crippen LogP contribution in [0.25, 0.3) is 0 Å². The van der Waals surface area contributed by atoms with Crippen molar-refractivity contribution in [2.45, 2.75) is 18.9 Å². The van der Waals surface area contributed by atoms with Crippen LogP contribution in [0, 0.1) is 5.41 Å². The molecule has 0 amide bonds. The second-order valence-corrected chi connectivity index (χ2v) is 2.62. The van der Waals surface area contributed by atoms with Gasteiger partial charge in [0.1, 0.15) is 0 Å². The number of guanidine groups is 1. The molecule has 0 saturated carbocycles. The second kappa shape index (κ2) is 2.77. The Morgan fingerprint density at radius 1 is 1.82 bits per heavy atom. The molecule has 1 fully saturated rings. The molecule has 0 aliphatic carbocycles. The normalized spacial score (nSPS) is 22.5. The van der Waals surface area contributed by atoms with Gasteiger partial charge >= 0.3 is 5.97 Å². The molecule has 0 unspecified atom stereocenters. The third-order valence-electron chi connectivity index (χ3n) is 1.86. The van der Waals surface area contributed by atoms with Crippen molar-refractivity contribution in [3.63, 3.8) is 0 Å². The number of carbonyl (C=O) groups is 1. The van der Waals surface area contributed by atoms with Crippen LogP contribution in [0.5, 0.6) is 0 Å². The van der Waals surface area contributed by atoms with Crippen molar-refractivity contribution in [1.29, 1.82) is 5.41 Å². The van der Waals surface area contributed by atoms with Crippen molar-refractivity contribution < 1.29 is 9.90 Å². The van der Waals surface area contributed by atoms with Crippen LogP contribution in [0.2, 0.25) is 0 Å². The molecule has 1 aliphatic heterocycles. The third-order valence-corrected chi connectivity index (χ3v) is 1.86. The lowest BCUT2D eigenvalue weighted by molar-refractivity contribution is -0.138. The highest BCUT2D eigenvalue weighted by molar-refractivity contribution is 5.77. The smallest absolute Gasteiger partial charge is 0.305 e. The molecular formula is C6H11N3O2. The van der Waals surface area contributed by atoms with Gasteiger partial charge in [-0.1, -0.05) is 0 Å². The van der Waals surface area contributed by atoms with Crippen LogP contribution < -0.4 is 5.73 Å². The SMILES string of the molecule is N=C(N)N1CC[C@@H]1CC(=O)O. The molecule has 1 atom stereocenters. The summed E-state index contributed by atoms with van der Waals surface area (Å²) in [6, 6.07) is -0.0509. The number of hydrogen-bond acceptors (Lipinski definition) is 2. The molecule has 62 valence electrons. The van der Waals surface area contributed by atoms with E-state index in [1.165, 1.54) is 0 Å². The van der Waals surface area contributed by atoms with Gasteiger partial charge in [0, 0.05) is 12.6 Å². The van der Waals surface area contributed by atoms with E-state index in [0.29, 0.717) is 6.54 Å². The summed E-state index contributed by atoms with van der Waals surface area (Å²) in [5, 5.41) is 15.4. The van der Waals surface area contributed by atoms with Gasteiger partial charge in [-0.25, -0.2) is 0 Å². The maximum atomic E-state index is 10.2. The van der Waals surface area contributed by atoms with Crippen LogP contribution in [0.15, 0.2) is 0 Å².